The zero-order valence-electron chi connectivity index (χ0n) is 29.4. The number of rotatable bonds is 9. The predicted octanol–water partition coefficient (Wildman–Crippen LogP) is 6.98. The van der Waals surface area contributed by atoms with Gasteiger partial charge in [-0.15, -0.1) is 11.6 Å². The van der Waals surface area contributed by atoms with Gasteiger partial charge in [-0.05, 0) is 97.9 Å². The van der Waals surface area contributed by atoms with E-state index in [1.54, 1.807) is 6.20 Å². The smallest absolute Gasteiger partial charge is 0.306 e. The van der Waals surface area contributed by atoms with Crippen LogP contribution in [0.3, 0.4) is 0 Å². The number of benzene rings is 2. The summed E-state index contributed by atoms with van der Waals surface area (Å²) in [6.45, 7) is 6.24. The number of aliphatic hydroxyl groups is 1. The average Bonchev–Trinajstić information content (AvgIpc) is 3.76. The summed E-state index contributed by atoms with van der Waals surface area (Å²) in [5.74, 6) is -0.380. The summed E-state index contributed by atoms with van der Waals surface area (Å²) in [6, 6.07) is 18.2. The summed E-state index contributed by atoms with van der Waals surface area (Å²) < 4.78 is 6.31. The molecule has 0 spiro atoms. The molecule has 0 radical (unpaired) electrons. The van der Waals surface area contributed by atoms with Gasteiger partial charge in [0.25, 0.3) is 0 Å². The number of alkyl halides is 1. The second-order valence-corrected chi connectivity index (χ2v) is 15.3. The van der Waals surface area contributed by atoms with E-state index in [1.807, 2.05) is 73.8 Å². The van der Waals surface area contributed by atoms with Gasteiger partial charge in [0.2, 0.25) is 5.89 Å². The molecule has 2 aromatic carbocycles. The molecule has 8 rings (SSSR count). The van der Waals surface area contributed by atoms with Crippen LogP contribution in [-0.4, -0.2) is 78.1 Å². The van der Waals surface area contributed by atoms with Gasteiger partial charge in [-0.1, -0.05) is 30.4 Å². The number of pyridine rings is 2. The monoisotopic (exact) mass is 729 g/mol. The maximum absolute atomic E-state index is 11.4. The van der Waals surface area contributed by atoms with Crippen molar-refractivity contribution in [2.45, 2.75) is 56.2 Å². The Labute approximate surface area is 312 Å². The molecule has 1 aliphatic carbocycles. The largest absolute Gasteiger partial charge is 0.481 e. The summed E-state index contributed by atoms with van der Waals surface area (Å²) in [5, 5.41) is 33.8. The molecular weight excluding hydrogens is 690 g/mol. The zero-order valence-corrected chi connectivity index (χ0v) is 30.1. The molecule has 5 heterocycles. The van der Waals surface area contributed by atoms with E-state index in [9.17, 15) is 20.3 Å². The van der Waals surface area contributed by atoms with Gasteiger partial charge in [0.1, 0.15) is 17.1 Å². The fraction of sp³-hybridized carbons (Fsp3) is 0.341. The number of carboxylic acids is 1. The third kappa shape index (κ3) is 7.15. The molecule has 3 aliphatic rings. The molecule has 0 amide bonds. The Morgan fingerprint density at radius 2 is 1.89 bits per heavy atom. The van der Waals surface area contributed by atoms with Crippen molar-refractivity contribution >= 4 is 56.7 Å². The van der Waals surface area contributed by atoms with Crippen LogP contribution in [-0.2, 0) is 17.9 Å². The highest BCUT2D eigenvalue weighted by atomic mass is 35.5. The first-order chi connectivity index (χ1) is 25.6. The summed E-state index contributed by atoms with van der Waals surface area (Å²) in [4.78, 5) is 29.2. The van der Waals surface area contributed by atoms with Crippen LogP contribution in [0.4, 0.5) is 11.5 Å². The lowest BCUT2D eigenvalue weighted by Gasteiger charge is -2.33. The van der Waals surface area contributed by atoms with E-state index in [0.29, 0.717) is 67.4 Å². The number of fused-ring (bicyclic) bond motifs is 2. The minimum atomic E-state index is -0.931. The summed E-state index contributed by atoms with van der Waals surface area (Å²) in [6.07, 6.45) is 11.4. The van der Waals surface area contributed by atoms with Crippen LogP contribution in [0.5, 0.6) is 0 Å². The Bertz CT molecular complexity index is 2300. The predicted molar refractivity (Wildman–Crippen MR) is 204 cm³/mol. The first kappa shape index (κ1) is 34.9. The lowest BCUT2D eigenvalue weighted by molar-refractivity contribution is -0.143. The summed E-state index contributed by atoms with van der Waals surface area (Å²) >= 11 is 7.45. The molecule has 0 bridgehead atoms. The van der Waals surface area contributed by atoms with Crippen molar-refractivity contribution in [2.75, 3.05) is 31.5 Å². The third-order valence-electron chi connectivity index (χ3n) is 10.7. The van der Waals surface area contributed by atoms with Crippen molar-refractivity contribution in [1.29, 1.82) is 5.26 Å². The van der Waals surface area contributed by atoms with Crippen molar-refractivity contribution in [3.05, 3.63) is 107 Å². The minimum absolute atomic E-state index is 0.259. The molecule has 53 heavy (non-hydrogen) atoms. The highest BCUT2D eigenvalue weighted by Gasteiger charge is 2.41. The number of aliphatic carboxylic acids is 1. The van der Waals surface area contributed by atoms with Gasteiger partial charge in [-0.25, -0.2) is 9.97 Å². The second kappa shape index (κ2) is 14.4. The number of halogens is 1. The quantitative estimate of drug-likeness (QED) is 0.135. The van der Waals surface area contributed by atoms with Crippen LogP contribution >= 0.6 is 11.6 Å². The van der Waals surface area contributed by atoms with E-state index < -0.39 is 16.8 Å². The normalized spacial score (nSPS) is 22.6. The number of piperidine rings is 1. The lowest BCUT2D eigenvalue weighted by Crippen LogP contribution is -2.35. The molecule has 3 aromatic heterocycles. The Kier molecular flexibility index (Phi) is 9.47. The molecule has 11 nitrogen and oxygen atoms in total. The average molecular weight is 730 g/mol. The standard InChI is InChI=1S/C41H40ClN7O4/c1-41(42)33(28-4-2-5-31(19-28)46-38-36-29(8-12-44-38)17-26(21-45-36)23-49-15-11-32(50)24-49)6-3-7-34(41)39-47-35-18-25(16-30(20-43)37(35)53-39)22-48-13-9-27(10-14-48)40(51)52/h2-8,12,16-19,21,27,32,34,50H,9-11,13-15,22-24H2,1H3,(H,44,46)(H,51,52)/t32?,34?,41-/m0/s1. The third-order valence-corrected chi connectivity index (χ3v) is 11.2. The Balaban J connectivity index is 1.01. The highest BCUT2D eigenvalue weighted by Crippen LogP contribution is 2.48. The highest BCUT2D eigenvalue weighted by molar-refractivity contribution is 6.31. The zero-order chi connectivity index (χ0) is 36.7. The number of anilines is 2. The van der Waals surface area contributed by atoms with E-state index in [1.165, 1.54) is 0 Å². The summed E-state index contributed by atoms with van der Waals surface area (Å²) in [7, 11) is 0. The number of aromatic nitrogens is 3. The first-order valence-electron chi connectivity index (χ1n) is 18.0. The number of hydrogen-bond donors (Lipinski definition) is 3. The number of allylic oxidation sites excluding steroid dienone is 4. The van der Waals surface area contributed by atoms with Gasteiger partial charge < -0.3 is 19.9 Å². The number of nitrogens with one attached hydrogen (secondary N) is 1. The van der Waals surface area contributed by atoms with Crippen LogP contribution < -0.4 is 5.32 Å². The van der Waals surface area contributed by atoms with E-state index in [4.69, 9.17) is 26.0 Å². The van der Waals surface area contributed by atoms with E-state index >= 15 is 0 Å². The Morgan fingerprint density at radius 3 is 2.66 bits per heavy atom. The number of nitrogens with zero attached hydrogens (tertiary/aromatic N) is 6. The first-order valence-corrected chi connectivity index (χ1v) is 18.4. The molecule has 2 fully saturated rings. The van der Waals surface area contributed by atoms with Gasteiger partial charge >= 0.3 is 5.97 Å². The molecule has 5 aromatic rings. The maximum Gasteiger partial charge on any atom is 0.306 e. The van der Waals surface area contributed by atoms with E-state index in [0.717, 1.165) is 58.4 Å². The maximum atomic E-state index is 11.4. The van der Waals surface area contributed by atoms with Gasteiger partial charge in [0, 0.05) is 49.6 Å². The molecule has 12 heteroatoms. The molecule has 270 valence electrons. The van der Waals surface area contributed by atoms with Gasteiger partial charge in [-0.2, -0.15) is 5.26 Å². The van der Waals surface area contributed by atoms with Crippen LogP contribution in [0.1, 0.15) is 60.2 Å². The molecule has 3 N–H and O–H groups in total. The molecule has 2 unspecified atom stereocenters. The van der Waals surface area contributed by atoms with Crippen LogP contribution in [0, 0.1) is 17.2 Å². The van der Waals surface area contributed by atoms with Crippen LogP contribution in [0.15, 0.2) is 83.6 Å². The molecule has 0 saturated carbocycles. The number of aliphatic hydroxyl groups excluding tert-OH is 1. The number of carbonyl (C=O) groups is 1. The summed E-state index contributed by atoms with van der Waals surface area (Å²) in [5.41, 5.74) is 6.87. The minimum Gasteiger partial charge on any atom is -0.481 e. The van der Waals surface area contributed by atoms with Gasteiger partial charge in [0.15, 0.2) is 11.4 Å². The van der Waals surface area contributed by atoms with Crippen molar-refractivity contribution < 1.29 is 19.4 Å². The molecule has 2 saturated heterocycles. The number of hydrogen-bond acceptors (Lipinski definition) is 10. The number of β-amino-alcohol motifs (C(OH)–C–C–N with tert-alkyl or cyclic N) is 1. The Hall–Kier alpha value is -5.12. The molecule has 3 atom stereocenters. The molecule has 2 aliphatic heterocycles. The topological polar surface area (TPSA) is 152 Å². The SMILES string of the molecule is C[C@]1(Cl)C(c2cccc(Nc3nccc4cc(CN5CCC(O)C5)cnc34)c2)=CC=CC1c1nc2cc(CN3CCC(C(=O)O)CC3)cc(C#N)c2o1. The molecular formula is C41H40ClN7O4. The fourth-order valence-corrected chi connectivity index (χ4v) is 8.22. The second-order valence-electron chi connectivity index (χ2n) is 14.5. The van der Waals surface area contributed by atoms with E-state index in [-0.39, 0.29) is 12.0 Å². The fourth-order valence-electron chi connectivity index (χ4n) is 7.88. The van der Waals surface area contributed by atoms with Gasteiger partial charge in [-0.3, -0.25) is 19.6 Å². The van der Waals surface area contributed by atoms with Crippen molar-refractivity contribution in [1.82, 2.24) is 24.8 Å². The number of oxazole rings is 1. The number of carboxylic acid groups (broad SMARTS) is 1. The number of likely N-dealkylation sites (tertiary alicyclic amines) is 2. The van der Waals surface area contributed by atoms with Crippen LogP contribution in [0.2, 0.25) is 0 Å². The lowest BCUT2D eigenvalue weighted by atomic mass is 9.79. The van der Waals surface area contributed by atoms with Crippen LogP contribution in [0.25, 0.3) is 27.6 Å². The van der Waals surface area contributed by atoms with E-state index in [2.05, 4.69) is 32.2 Å². The Morgan fingerprint density at radius 1 is 1.08 bits per heavy atom. The van der Waals surface area contributed by atoms with Crippen molar-refractivity contribution in [3.8, 4) is 6.07 Å². The van der Waals surface area contributed by atoms with Crippen molar-refractivity contribution in [3.63, 3.8) is 0 Å². The van der Waals surface area contributed by atoms with Gasteiger partial charge in [0.05, 0.1) is 28.4 Å². The van der Waals surface area contributed by atoms with Crippen molar-refractivity contribution in [2.24, 2.45) is 5.92 Å². The number of nitriles is 1.